The fraction of sp³-hybridized carbons (Fsp3) is 0.312. The number of rotatable bonds is 1. The van der Waals surface area contributed by atoms with Crippen molar-refractivity contribution in [2.75, 3.05) is 5.32 Å². The number of nitrogens with one attached hydrogen (secondary N) is 1. The Labute approximate surface area is 133 Å². The number of nitrogens with zero attached hydrogens (tertiary/aromatic N) is 3. The minimum atomic E-state index is -0.287. The molecule has 1 N–H and O–H groups in total. The van der Waals surface area contributed by atoms with Crippen LogP contribution in [0.4, 0.5) is 5.95 Å². The highest BCUT2D eigenvalue weighted by molar-refractivity contribution is 6.31. The van der Waals surface area contributed by atoms with Gasteiger partial charge in [-0.2, -0.15) is 10.1 Å². The first kappa shape index (κ1) is 13.5. The first-order valence-electron chi connectivity index (χ1n) is 7.30. The molecule has 0 amide bonds. The quantitative estimate of drug-likeness (QED) is 0.879. The fourth-order valence-electron chi connectivity index (χ4n) is 3.39. The Hall–Kier alpha value is -2.14. The number of ketones is 1. The van der Waals surface area contributed by atoms with Crippen LogP contribution in [-0.4, -0.2) is 20.5 Å². The van der Waals surface area contributed by atoms with E-state index in [9.17, 15) is 4.79 Å². The number of hydrogen-bond donors (Lipinski definition) is 1. The van der Waals surface area contributed by atoms with Crippen LogP contribution in [0.3, 0.4) is 0 Å². The molecule has 0 saturated carbocycles. The van der Waals surface area contributed by atoms with E-state index in [4.69, 9.17) is 11.6 Å². The summed E-state index contributed by atoms with van der Waals surface area (Å²) in [5.74, 6) is 0.802. The SMILES string of the molecule is C[C@H]1C=C2Nc3ncnn3[C@@H](c3ccccc3Cl)[C@@H]2C(=O)C1. The van der Waals surface area contributed by atoms with E-state index in [1.165, 1.54) is 6.33 Å². The van der Waals surface area contributed by atoms with Crippen LogP contribution in [-0.2, 0) is 4.79 Å². The highest BCUT2D eigenvalue weighted by Crippen LogP contribution is 2.43. The molecular weight excluding hydrogens is 300 g/mol. The Bertz CT molecular complexity index is 782. The zero-order valence-corrected chi connectivity index (χ0v) is 12.8. The van der Waals surface area contributed by atoms with Crippen molar-refractivity contribution in [2.24, 2.45) is 11.8 Å². The van der Waals surface area contributed by atoms with Crippen LogP contribution >= 0.6 is 11.6 Å². The summed E-state index contributed by atoms with van der Waals surface area (Å²) in [5, 5.41) is 8.19. The van der Waals surface area contributed by atoms with Crippen molar-refractivity contribution in [2.45, 2.75) is 19.4 Å². The number of hydrogen-bond acceptors (Lipinski definition) is 4. The minimum absolute atomic E-state index is 0.212. The number of anilines is 1. The molecule has 0 saturated heterocycles. The van der Waals surface area contributed by atoms with Crippen molar-refractivity contribution >= 4 is 23.3 Å². The summed E-state index contributed by atoms with van der Waals surface area (Å²) in [6, 6.07) is 7.36. The topological polar surface area (TPSA) is 59.8 Å². The van der Waals surface area contributed by atoms with Crippen LogP contribution < -0.4 is 5.32 Å². The van der Waals surface area contributed by atoms with Gasteiger partial charge < -0.3 is 5.32 Å². The van der Waals surface area contributed by atoms with Crippen LogP contribution in [0, 0.1) is 11.8 Å². The van der Waals surface area contributed by atoms with Crippen molar-refractivity contribution in [1.29, 1.82) is 0 Å². The standard InChI is InChI=1S/C16H15ClN4O/c1-9-6-12-14(13(22)7-9)15(10-4-2-3-5-11(10)17)21-16(20-12)18-8-19-21/h2-6,8-9,14-15H,7H2,1H3,(H,18,19,20)/t9-,14-,15-/m0/s1. The number of carbonyl (C=O) groups excluding carboxylic acids is 1. The number of allylic oxidation sites excluding steroid dienone is 2. The zero-order chi connectivity index (χ0) is 15.3. The molecular formula is C16H15ClN4O. The van der Waals surface area contributed by atoms with Crippen molar-refractivity contribution in [3.63, 3.8) is 0 Å². The molecule has 0 fully saturated rings. The Morgan fingerprint density at radius 3 is 3.00 bits per heavy atom. The number of aromatic nitrogens is 3. The van der Waals surface area contributed by atoms with Gasteiger partial charge in [0.15, 0.2) is 0 Å². The van der Waals surface area contributed by atoms with E-state index < -0.39 is 0 Å². The lowest BCUT2D eigenvalue weighted by molar-refractivity contribution is -0.123. The molecule has 1 aliphatic heterocycles. The monoisotopic (exact) mass is 314 g/mol. The lowest BCUT2D eigenvalue weighted by Crippen LogP contribution is -2.40. The molecule has 2 aromatic rings. The highest BCUT2D eigenvalue weighted by atomic mass is 35.5. The van der Waals surface area contributed by atoms with Gasteiger partial charge in [0.2, 0.25) is 5.95 Å². The van der Waals surface area contributed by atoms with Crippen molar-refractivity contribution in [3.8, 4) is 0 Å². The van der Waals surface area contributed by atoms with Gasteiger partial charge >= 0.3 is 0 Å². The summed E-state index contributed by atoms with van der Waals surface area (Å²) < 4.78 is 1.76. The Morgan fingerprint density at radius 2 is 2.18 bits per heavy atom. The highest BCUT2D eigenvalue weighted by Gasteiger charge is 2.42. The maximum atomic E-state index is 12.7. The lowest BCUT2D eigenvalue weighted by Gasteiger charge is -2.37. The first-order chi connectivity index (χ1) is 10.6. The van der Waals surface area contributed by atoms with Crippen LogP contribution in [0.25, 0.3) is 0 Å². The van der Waals surface area contributed by atoms with Gasteiger partial charge in [-0.15, -0.1) is 0 Å². The summed E-state index contributed by atoms with van der Waals surface area (Å²) >= 11 is 6.39. The number of halogens is 1. The molecule has 1 aromatic carbocycles. The van der Waals surface area contributed by atoms with Gasteiger partial charge in [0.25, 0.3) is 0 Å². The van der Waals surface area contributed by atoms with Gasteiger partial charge in [-0.05, 0) is 17.5 Å². The number of carbonyl (C=O) groups is 1. The maximum absolute atomic E-state index is 12.7. The molecule has 1 aromatic heterocycles. The average Bonchev–Trinajstić information content (AvgIpc) is 2.93. The lowest BCUT2D eigenvalue weighted by atomic mass is 9.78. The largest absolute Gasteiger partial charge is 0.328 e. The average molecular weight is 315 g/mol. The summed E-state index contributed by atoms with van der Waals surface area (Å²) in [6.45, 7) is 2.05. The fourth-order valence-corrected chi connectivity index (χ4v) is 3.64. The summed E-state index contributed by atoms with van der Waals surface area (Å²) in [7, 11) is 0. The summed E-state index contributed by atoms with van der Waals surface area (Å²) in [5.41, 5.74) is 1.81. The molecule has 0 radical (unpaired) electrons. The minimum Gasteiger partial charge on any atom is -0.328 e. The Morgan fingerprint density at radius 1 is 1.36 bits per heavy atom. The van der Waals surface area contributed by atoms with E-state index in [1.807, 2.05) is 31.2 Å². The second-order valence-electron chi connectivity index (χ2n) is 5.87. The van der Waals surface area contributed by atoms with E-state index in [0.717, 1.165) is 11.3 Å². The number of fused-ring (bicyclic) bond motifs is 2. The first-order valence-corrected chi connectivity index (χ1v) is 7.68. The molecule has 4 rings (SSSR count). The normalized spacial score (nSPS) is 26.7. The molecule has 112 valence electrons. The molecule has 0 unspecified atom stereocenters. The third-order valence-corrected chi connectivity index (χ3v) is 4.65. The van der Waals surface area contributed by atoms with Gasteiger partial charge in [-0.1, -0.05) is 42.8 Å². The summed E-state index contributed by atoms with van der Waals surface area (Å²) in [6.07, 6.45) is 4.16. The van der Waals surface area contributed by atoms with Gasteiger partial charge in [-0.25, -0.2) is 4.68 Å². The van der Waals surface area contributed by atoms with Gasteiger partial charge in [0.05, 0.1) is 12.0 Å². The van der Waals surface area contributed by atoms with Crippen LogP contribution in [0.1, 0.15) is 24.9 Å². The molecule has 0 bridgehead atoms. The van der Waals surface area contributed by atoms with E-state index >= 15 is 0 Å². The third-order valence-electron chi connectivity index (χ3n) is 4.30. The van der Waals surface area contributed by atoms with Crippen molar-refractivity contribution < 1.29 is 4.79 Å². The van der Waals surface area contributed by atoms with Gasteiger partial charge in [0, 0.05) is 17.1 Å². The Kier molecular flexibility index (Phi) is 3.04. The summed E-state index contributed by atoms with van der Waals surface area (Å²) in [4.78, 5) is 16.9. The van der Waals surface area contributed by atoms with Crippen LogP contribution in [0.15, 0.2) is 42.4 Å². The smallest absolute Gasteiger partial charge is 0.226 e. The second-order valence-corrected chi connectivity index (χ2v) is 6.27. The molecule has 5 nitrogen and oxygen atoms in total. The second kappa shape index (κ2) is 4.95. The zero-order valence-electron chi connectivity index (χ0n) is 12.0. The molecule has 0 spiro atoms. The number of benzene rings is 1. The number of Topliss-reactive ketones (excluding diaryl/α,β-unsaturated/α-hetero) is 1. The van der Waals surface area contributed by atoms with Crippen molar-refractivity contribution in [1.82, 2.24) is 14.8 Å². The molecule has 22 heavy (non-hydrogen) atoms. The van der Waals surface area contributed by atoms with E-state index in [2.05, 4.69) is 21.5 Å². The Balaban J connectivity index is 1.93. The van der Waals surface area contributed by atoms with E-state index in [1.54, 1.807) is 4.68 Å². The molecule has 1 aliphatic carbocycles. The predicted molar refractivity (Wildman–Crippen MR) is 83.6 cm³/mol. The third kappa shape index (κ3) is 1.96. The predicted octanol–water partition coefficient (Wildman–Crippen LogP) is 3.06. The van der Waals surface area contributed by atoms with E-state index in [0.29, 0.717) is 17.4 Å². The van der Waals surface area contributed by atoms with Crippen LogP contribution in [0.5, 0.6) is 0 Å². The molecule has 2 aliphatic rings. The van der Waals surface area contributed by atoms with Gasteiger partial charge in [-0.3, -0.25) is 4.79 Å². The van der Waals surface area contributed by atoms with Crippen molar-refractivity contribution in [3.05, 3.63) is 53.0 Å². The molecule has 3 atom stereocenters. The van der Waals surface area contributed by atoms with Crippen LogP contribution in [0.2, 0.25) is 5.02 Å². The molecule has 6 heteroatoms. The van der Waals surface area contributed by atoms with Gasteiger partial charge in [0.1, 0.15) is 12.1 Å². The maximum Gasteiger partial charge on any atom is 0.226 e. The van der Waals surface area contributed by atoms with E-state index in [-0.39, 0.29) is 23.7 Å². The molecule has 2 heterocycles.